The Labute approximate surface area is 134 Å². The fourth-order valence-corrected chi connectivity index (χ4v) is 3.90. The molecule has 1 aromatic carbocycles. The molecule has 0 unspecified atom stereocenters. The highest BCUT2D eigenvalue weighted by atomic mass is 35.5. The predicted molar refractivity (Wildman–Crippen MR) is 91.6 cm³/mol. The van der Waals surface area contributed by atoms with Gasteiger partial charge in [-0.25, -0.2) is 9.97 Å². The first kappa shape index (κ1) is 13.8. The third-order valence-corrected chi connectivity index (χ3v) is 4.73. The summed E-state index contributed by atoms with van der Waals surface area (Å²) in [5, 5.41) is 1.79. The predicted octanol–water partition coefficient (Wildman–Crippen LogP) is 4.25. The van der Waals surface area contributed by atoms with E-state index in [2.05, 4.69) is 33.7 Å². The van der Waals surface area contributed by atoms with Crippen LogP contribution in [0.5, 0.6) is 0 Å². The molecule has 2 atom stereocenters. The Morgan fingerprint density at radius 1 is 1.18 bits per heavy atom. The van der Waals surface area contributed by atoms with Crippen LogP contribution in [-0.2, 0) is 0 Å². The molecule has 0 bridgehead atoms. The highest BCUT2D eigenvalue weighted by Gasteiger charge is 2.25. The lowest BCUT2D eigenvalue weighted by Gasteiger charge is -2.35. The second-order valence-corrected chi connectivity index (χ2v) is 7.02. The summed E-state index contributed by atoms with van der Waals surface area (Å²) in [6, 6.07) is 5.87. The Morgan fingerprint density at radius 3 is 2.73 bits per heavy atom. The highest BCUT2D eigenvalue weighted by molar-refractivity contribution is 6.31. The summed E-state index contributed by atoms with van der Waals surface area (Å²) in [5.74, 6) is 2.39. The average molecular weight is 315 g/mol. The SMILES string of the molecule is C[C@H]1C[C@H](C)CN(c2ncnc3c2[nH]c2ccc(Cl)cc23)C1. The van der Waals surface area contributed by atoms with Crippen LogP contribution in [0.4, 0.5) is 5.82 Å². The summed E-state index contributed by atoms with van der Waals surface area (Å²) in [6.45, 7) is 6.72. The number of nitrogens with zero attached hydrogens (tertiary/aromatic N) is 3. The molecule has 5 heteroatoms. The minimum Gasteiger partial charge on any atom is -0.354 e. The molecule has 0 saturated carbocycles. The lowest BCUT2D eigenvalue weighted by molar-refractivity contribution is 0.356. The number of hydrogen-bond acceptors (Lipinski definition) is 3. The minimum absolute atomic E-state index is 0.688. The van der Waals surface area contributed by atoms with E-state index in [0.717, 1.165) is 45.9 Å². The average Bonchev–Trinajstić information content (AvgIpc) is 2.84. The number of benzene rings is 1. The van der Waals surface area contributed by atoms with Crippen molar-refractivity contribution < 1.29 is 0 Å². The van der Waals surface area contributed by atoms with Crippen LogP contribution in [0, 0.1) is 11.8 Å². The van der Waals surface area contributed by atoms with Gasteiger partial charge in [0.05, 0.1) is 0 Å². The van der Waals surface area contributed by atoms with E-state index in [1.165, 1.54) is 6.42 Å². The largest absolute Gasteiger partial charge is 0.354 e. The molecule has 1 aliphatic rings. The summed E-state index contributed by atoms with van der Waals surface area (Å²) >= 11 is 6.13. The number of anilines is 1. The van der Waals surface area contributed by atoms with Gasteiger partial charge in [-0.2, -0.15) is 0 Å². The molecule has 1 saturated heterocycles. The zero-order chi connectivity index (χ0) is 15.3. The Bertz CT molecular complexity index is 831. The molecular formula is C17H19ClN4. The molecular weight excluding hydrogens is 296 g/mol. The van der Waals surface area contributed by atoms with E-state index in [-0.39, 0.29) is 0 Å². The molecule has 0 radical (unpaired) electrons. The number of halogens is 1. The quantitative estimate of drug-likeness (QED) is 0.730. The van der Waals surface area contributed by atoms with Crippen molar-refractivity contribution in [2.24, 2.45) is 11.8 Å². The fraction of sp³-hybridized carbons (Fsp3) is 0.412. The first-order chi connectivity index (χ1) is 10.6. The molecule has 0 spiro atoms. The van der Waals surface area contributed by atoms with Crippen molar-refractivity contribution in [1.29, 1.82) is 0 Å². The van der Waals surface area contributed by atoms with Crippen molar-refractivity contribution in [2.45, 2.75) is 20.3 Å². The van der Waals surface area contributed by atoms with Gasteiger partial charge in [0.1, 0.15) is 17.4 Å². The summed E-state index contributed by atoms with van der Waals surface area (Å²) in [6.07, 6.45) is 2.95. The molecule has 22 heavy (non-hydrogen) atoms. The molecule has 3 aromatic rings. The van der Waals surface area contributed by atoms with Gasteiger partial charge in [0.15, 0.2) is 5.82 Å². The molecule has 0 amide bonds. The van der Waals surface area contributed by atoms with Gasteiger partial charge < -0.3 is 9.88 Å². The summed E-state index contributed by atoms with van der Waals surface area (Å²) in [4.78, 5) is 14.9. The Hall–Kier alpha value is -1.81. The smallest absolute Gasteiger partial charge is 0.156 e. The number of nitrogens with one attached hydrogen (secondary N) is 1. The number of H-pyrrole nitrogens is 1. The van der Waals surface area contributed by atoms with Gasteiger partial charge in [-0.15, -0.1) is 0 Å². The molecule has 1 aliphatic heterocycles. The molecule has 2 aromatic heterocycles. The number of rotatable bonds is 1. The molecule has 4 rings (SSSR count). The van der Waals surface area contributed by atoms with Crippen molar-refractivity contribution in [2.75, 3.05) is 18.0 Å². The topological polar surface area (TPSA) is 44.8 Å². The van der Waals surface area contributed by atoms with Crippen molar-refractivity contribution >= 4 is 39.4 Å². The third kappa shape index (κ3) is 2.22. The first-order valence-electron chi connectivity index (χ1n) is 7.78. The third-order valence-electron chi connectivity index (χ3n) is 4.49. The van der Waals surface area contributed by atoms with Crippen LogP contribution in [0.25, 0.3) is 21.9 Å². The molecule has 1 fully saturated rings. The number of hydrogen-bond donors (Lipinski definition) is 1. The van der Waals surface area contributed by atoms with Crippen molar-refractivity contribution in [3.8, 4) is 0 Å². The first-order valence-corrected chi connectivity index (χ1v) is 8.16. The Morgan fingerprint density at radius 2 is 1.95 bits per heavy atom. The van der Waals surface area contributed by atoms with Gasteiger partial charge in [-0.05, 0) is 36.5 Å². The van der Waals surface area contributed by atoms with Gasteiger partial charge >= 0.3 is 0 Å². The lowest BCUT2D eigenvalue weighted by Crippen LogP contribution is -2.39. The van der Waals surface area contributed by atoms with E-state index in [9.17, 15) is 0 Å². The lowest BCUT2D eigenvalue weighted by atomic mass is 9.92. The maximum absolute atomic E-state index is 6.13. The van der Waals surface area contributed by atoms with Crippen molar-refractivity contribution in [3.05, 3.63) is 29.5 Å². The summed E-state index contributed by atoms with van der Waals surface area (Å²) < 4.78 is 0. The Kier molecular flexibility index (Phi) is 3.22. The fourth-order valence-electron chi connectivity index (χ4n) is 3.73. The van der Waals surface area contributed by atoms with Crippen LogP contribution in [0.15, 0.2) is 24.5 Å². The maximum Gasteiger partial charge on any atom is 0.156 e. The van der Waals surface area contributed by atoms with Crippen LogP contribution < -0.4 is 4.90 Å². The number of aromatic nitrogens is 3. The summed E-state index contributed by atoms with van der Waals surface area (Å²) in [5.41, 5.74) is 3.02. The van der Waals surface area contributed by atoms with E-state index in [1.807, 2.05) is 18.2 Å². The zero-order valence-corrected chi connectivity index (χ0v) is 13.6. The maximum atomic E-state index is 6.13. The number of fused-ring (bicyclic) bond motifs is 3. The van der Waals surface area contributed by atoms with E-state index in [0.29, 0.717) is 11.8 Å². The summed E-state index contributed by atoms with van der Waals surface area (Å²) in [7, 11) is 0. The van der Waals surface area contributed by atoms with E-state index in [1.54, 1.807) is 6.33 Å². The van der Waals surface area contributed by atoms with Crippen molar-refractivity contribution in [1.82, 2.24) is 15.0 Å². The second-order valence-electron chi connectivity index (χ2n) is 6.59. The van der Waals surface area contributed by atoms with E-state index >= 15 is 0 Å². The second kappa shape index (κ2) is 5.13. The van der Waals surface area contributed by atoms with Gasteiger partial charge in [0.2, 0.25) is 0 Å². The van der Waals surface area contributed by atoms with Crippen LogP contribution in [-0.4, -0.2) is 28.0 Å². The normalized spacial score (nSPS) is 22.6. The molecule has 1 N–H and O–H groups in total. The van der Waals surface area contributed by atoms with Gasteiger partial charge in [0, 0.05) is 29.0 Å². The highest BCUT2D eigenvalue weighted by Crippen LogP contribution is 2.33. The van der Waals surface area contributed by atoms with Crippen LogP contribution in [0.3, 0.4) is 0 Å². The molecule has 0 aliphatic carbocycles. The van der Waals surface area contributed by atoms with Gasteiger partial charge in [0.25, 0.3) is 0 Å². The van der Waals surface area contributed by atoms with Gasteiger partial charge in [-0.3, -0.25) is 0 Å². The van der Waals surface area contributed by atoms with Gasteiger partial charge in [-0.1, -0.05) is 25.4 Å². The molecule has 3 heterocycles. The molecule has 114 valence electrons. The van der Waals surface area contributed by atoms with Crippen LogP contribution in [0.2, 0.25) is 5.02 Å². The number of aromatic amines is 1. The van der Waals surface area contributed by atoms with E-state index in [4.69, 9.17) is 11.6 Å². The van der Waals surface area contributed by atoms with Crippen LogP contribution >= 0.6 is 11.6 Å². The van der Waals surface area contributed by atoms with Crippen LogP contribution in [0.1, 0.15) is 20.3 Å². The molecule has 4 nitrogen and oxygen atoms in total. The Balaban J connectivity index is 1.89. The standard InChI is InChI=1S/C17H19ClN4/c1-10-5-11(2)8-22(7-10)17-16-15(19-9-20-17)13-6-12(18)3-4-14(13)21-16/h3-4,6,9-11,21H,5,7-8H2,1-2H3/t10-,11-/m0/s1. The van der Waals surface area contributed by atoms with Crippen molar-refractivity contribution in [3.63, 3.8) is 0 Å². The zero-order valence-electron chi connectivity index (χ0n) is 12.8. The monoisotopic (exact) mass is 314 g/mol. The minimum atomic E-state index is 0.688. The number of piperidine rings is 1. The van der Waals surface area contributed by atoms with E-state index < -0.39 is 0 Å².